The van der Waals surface area contributed by atoms with Gasteiger partial charge >= 0.3 is 0 Å². The highest BCUT2D eigenvalue weighted by Gasteiger charge is 2.37. The van der Waals surface area contributed by atoms with Crippen LogP contribution in [0.1, 0.15) is 31.2 Å². The molecule has 0 unspecified atom stereocenters. The highest BCUT2D eigenvalue weighted by Crippen LogP contribution is 2.35. The van der Waals surface area contributed by atoms with Crippen molar-refractivity contribution in [2.24, 2.45) is 0 Å². The number of aryl methyl sites for hydroxylation is 1. The normalized spacial score (nSPS) is 15.3. The van der Waals surface area contributed by atoms with Crippen LogP contribution in [0.3, 0.4) is 0 Å². The van der Waals surface area contributed by atoms with Gasteiger partial charge in [-0.15, -0.1) is 0 Å². The number of carbonyl (C=O) groups is 1. The number of aliphatic hydroxyl groups excluding tert-OH is 1. The van der Waals surface area contributed by atoms with Crippen LogP contribution in [-0.2, 0) is 11.2 Å². The van der Waals surface area contributed by atoms with Crippen LogP contribution in [0.2, 0.25) is 5.02 Å². The smallest absolute Gasteiger partial charge is 0.220 e. The fourth-order valence-electron chi connectivity index (χ4n) is 3.92. The second kappa shape index (κ2) is 7.76. The van der Waals surface area contributed by atoms with E-state index in [0.29, 0.717) is 28.6 Å². The number of halogens is 3. The van der Waals surface area contributed by atoms with Gasteiger partial charge in [0.2, 0.25) is 5.91 Å². The van der Waals surface area contributed by atoms with Crippen molar-refractivity contribution in [2.45, 2.75) is 37.6 Å². The number of aromatic amines is 1. The predicted molar refractivity (Wildman–Crippen MR) is 109 cm³/mol. The molecule has 0 spiro atoms. The Morgan fingerprint density at radius 1 is 1.21 bits per heavy atom. The Hall–Kier alpha value is -2.44. The summed E-state index contributed by atoms with van der Waals surface area (Å²) in [7, 11) is 0. The summed E-state index contributed by atoms with van der Waals surface area (Å²) in [6, 6.07) is 8.78. The molecule has 0 bridgehead atoms. The lowest BCUT2D eigenvalue weighted by atomic mass is 9.77. The molecule has 1 saturated carbocycles. The number of amides is 1. The number of hydrogen-bond donors (Lipinski definition) is 3. The van der Waals surface area contributed by atoms with E-state index in [4.69, 9.17) is 11.6 Å². The van der Waals surface area contributed by atoms with Crippen LogP contribution in [0.15, 0.2) is 36.4 Å². The van der Waals surface area contributed by atoms with Crippen molar-refractivity contribution in [1.29, 1.82) is 0 Å². The molecule has 0 aliphatic heterocycles. The van der Waals surface area contributed by atoms with Crippen LogP contribution in [-0.4, -0.2) is 28.1 Å². The molecule has 1 aliphatic rings. The maximum absolute atomic E-state index is 14.5. The molecule has 29 heavy (non-hydrogen) atoms. The van der Waals surface area contributed by atoms with Gasteiger partial charge in [-0.1, -0.05) is 11.6 Å². The molecule has 4 rings (SSSR count). The van der Waals surface area contributed by atoms with Crippen molar-refractivity contribution in [2.75, 3.05) is 6.61 Å². The van der Waals surface area contributed by atoms with Gasteiger partial charge in [0, 0.05) is 22.5 Å². The van der Waals surface area contributed by atoms with Crippen molar-refractivity contribution in [1.82, 2.24) is 10.3 Å². The lowest BCUT2D eigenvalue weighted by molar-refractivity contribution is -0.125. The molecule has 1 amide bonds. The molecule has 1 heterocycles. The minimum atomic E-state index is -0.507. The maximum Gasteiger partial charge on any atom is 0.220 e. The molecule has 3 N–H and O–H groups in total. The summed E-state index contributed by atoms with van der Waals surface area (Å²) < 4.78 is 27.8. The van der Waals surface area contributed by atoms with Crippen molar-refractivity contribution in [3.63, 3.8) is 0 Å². The zero-order valence-electron chi connectivity index (χ0n) is 15.7. The van der Waals surface area contributed by atoms with E-state index < -0.39 is 11.4 Å². The lowest BCUT2D eigenvalue weighted by Crippen LogP contribution is -2.56. The first-order chi connectivity index (χ1) is 13.9. The monoisotopic (exact) mass is 418 g/mol. The van der Waals surface area contributed by atoms with Gasteiger partial charge in [0.15, 0.2) is 0 Å². The molecule has 0 atom stereocenters. The van der Waals surface area contributed by atoms with E-state index in [1.54, 1.807) is 18.2 Å². The Bertz CT molecular complexity index is 1050. The molecule has 1 fully saturated rings. The topological polar surface area (TPSA) is 65.1 Å². The highest BCUT2D eigenvalue weighted by molar-refractivity contribution is 6.31. The Labute approximate surface area is 171 Å². The number of H-pyrrole nitrogens is 1. The number of fused-ring (bicyclic) bond motifs is 1. The average Bonchev–Trinajstić information content (AvgIpc) is 3.02. The van der Waals surface area contributed by atoms with Gasteiger partial charge in [-0.3, -0.25) is 4.79 Å². The van der Waals surface area contributed by atoms with Gasteiger partial charge < -0.3 is 15.4 Å². The first kappa shape index (κ1) is 19.9. The van der Waals surface area contributed by atoms with E-state index in [2.05, 4.69) is 10.3 Å². The van der Waals surface area contributed by atoms with Crippen LogP contribution in [0.25, 0.3) is 22.2 Å². The fourth-order valence-corrected chi connectivity index (χ4v) is 4.12. The van der Waals surface area contributed by atoms with E-state index in [1.807, 2.05) is 0 Å². The number of carbonyl (C=O) groups excluding carboxylic acids is 1. The number of aromatic nitrogens is 1. The third kappa shape index (κ3) is 3.87. The van der Waals surface area contributed by atoms with Gasteiger partial charge in [0.05, 0.1) is 17.7 Å². The Morgan fingerprint density at radius 3 is 2.55 bits per heavy atom. The largest absolute Gasteiger partial charge is 0.394 e. The van der Waals surface area contributed by atoms with Crippen molar-refractivity contribution in [3.8, 4) is 11.3 Å². The molecular formula is C22H21ClF2N2O2. The standard InChI is InChI=1S/C22H21ClF2N2O2/c23-14-10-17-16(6-7-19(29)27-22(12-28)8-1-9-22)20(26-21(17)18(25)11-14)13-2-4-15(24)5-3-13/h2-5,10-11,26,28H,1,6-9,12H2,(H,27,29). The molecule has 0 radical (unpaired) electrons. The Balaban J connectivity index is 1.67. The maximum atomic E-state index is 14.5. The summed E-state index contributed by atoms with van der Waals surface area (Å²) in [5.74, 6) is -1.02. The summed E-state index contributed by atoms with van der Waals surface area (Å²) in [5.41, 5.74) is 1.87. The summed E-state index contributed by atoms with van der Waals surface area (Å²) in [5, 5.41) is 13.3. The summed E-state index contributed by atoms with van der Waals surface area (Å²) in [6.07, 6.45) is 3.04. The number of rotatable bonds is 6. The van der Waals surface area contributed by atoms with E-state index >= 15 is 0 Å². The Morgan fingerprint density at radius 2 is 1.93 bits per heavy atom. The number of benzene rings is 2. The first-order valence-electron chi connectivity index (χ1n) is 9.58. The minimum Gasteiger partial charge on any atom is -0.394 e. The van der Waals surface area contributed by atoms with E-state index in [9.17, 15) is 18.7 Å². The molecular weight excluding hydrogens is 398 g/mol. The number of hydrogen-bond acceptors (Lipinski definition) is 2. The van der Waals surface area contributed by atoms with Gasteiger partial charge in [0.25, 0.3) is 0 Å². The molecule has 1 aliphatic carbocycles. The van der Waals surface area contributed by atoms with Gasteiger partial charge in [-0.25, -0.2) is 8.78 Å². The summed E-state index contributed by atoms with van der Waals surface area (Å²) in [6.45, 7) is -0.0759. The van der Waals surface area contributed by atoms with Crippen molar-refractivity contribution < 1.29 is 18.7 Å². The SMILES string of the molecule is O=C(CCc1c(-c2ccc(F)cc2)[nH]c2c(F)cc(Cl)cc12)NC1(CO)CCC1. The molecule has 1 aromatic heterocycles. The quantitative estimate of drug-likeness (QED) is 0.541. The van der Waals surface area contributed by atoms with Crippen LogP contribution >= 0.6 is 11.6 Å². The average molecular weight is 419 g/mol. The van der Waals surface area contributed by atoms with Crippen molar-refractivity contribution >= 4 is 28.4 Å². The van der Waals surface area contributed by atoms with Gasteiger partial charge in [-0.05, 0) is 73.2 Å². The second-order valence-electron chi connectivity index (χ2n) is 7.64. The third-order valence-corrected chi connectivity index (χ3v) is 5.90. The van der Waals surface area contributed by atoms with Crippen LogP contribution < -0.4 is 5.32 Å². The highest BCUT2D eigenvalue weighted by atomic mass is 35.5. The molecule has 7 heteroatoms. The fraction of sp³-hybridized carbons (Fsp3) is 0.318. The molecule has 4 nitrogen and oxygen atoms in total. The zero-order valence-corrected chi connectivity index (χ0v) is 16.5. The molecule has 0 saturated heterocycles. The third-order valence-electron chi connectivity index (χ3n) is 5.68. The Kier molecular flexibility index (Phi) is 5.32. The van der Waals surface area contributed by atoms with E-state index in [0.717, 1.165) is 24.8 Å². The summed E-state index contributed by atoms with van der Waals surface area (Å²) in [4.78, 5) is 15.6. The zero-order chi connectivity index (χ0) is 20.6. The minimum absolute atomic E-state index is 0.0759. The molecule has 3 aromatic rings. The molecule has 152 valence electrons. The summed E-state index contributed by atoms with van der Waals surface area (Å²) >= 11 is 6.06. The van der Waals surface area contributed by atoms with Crippen LogP contribution in [0, 0.1) is 11.6 Å². The number of aliphatic hydroxyl groups is 1. The van der Waals surface area contributed by atoms with Crippen LogP contribution in [0.5, 0.6) is 0 Å². The second-order valence-corrected chi connectivity index (χ2v) is 8.07. The van der Waals surface area contributed by atoms with Crippen LogP contribution in [0.4, 0.5) is 8.78 Å². The van der Waals surface area contributed by atoms with Crippen molar-refractivity contribution in [3.05, 3.63) is 58.6 Å². The predicted octanol–water partition coefficient (Wildman–Crippen LogP) is 4.73. The molecule has 2 aromatic carbocycles. The van der Waals surface area contributed by atoms with E-state index in [-0.39, 0.29) is 29.8 Å². The lowest BCUT2D eigenvalue weighted by Gasteiger charge is -2.41. The van der Waals surface area contributed by atoms with Gasteiger partial charge in [-0.2, -0.15) is 0 Å². The first-order valence-corrected chi connectivity index (χ1v) is 9.96. The van der Waals surface area contributed by atoms with E-state index in [1.165, 1.54) is 18.2 Å². The number of nitrogens with one attached hydrogen (secondary N) is 2. The van der Waals surface area contributed by atoms with Gasteiger partial charge in [0.1, 0.15) is 11.6 Å².